The number of aromatic nitrogens is 4. The summed E-state index contributed by atoms with van der Waals surface area (Å²) in [4.78, 5) is 48.5. The van der Waals surface area contributed by atoms with Gasteiger partial charge < -0.3 is 40.1 Å². The van der Waals surface area contributed by atoms with Crippen LogP contribution in [-0.4, -0.2) is 104 Å². The molecule has 0 amide bonds. The molecule has 4 heterocycles. The first-order valence-corrected chi connectivity index (χ1v) is 12.5. The van der Waals surface area contributed by atoms with E-state index in [9.17, 15) is 65.9 Å². The lowest BCUT2D eigenvalue weighted by molar-refractivity contribution is -0.140. The maximum atomic E-state index is 12.6. The van der Waals surface area contributed by atoms with Gasteiger partial charge in [0, 0.05) is 41.1 Å². The number of alkyl halides is 7. The molecule has 23 heteroatoms. The van der Waals surface area contributed by atoms with Gasteiger partial charge in [0.1, 0.15) is 42.2 Å². The molecule has 2 fully saturated rings. The van der Waals surface area contributed by atoms with Crippen molar-refractivity contribution in [1.82, 2.24) is 19.1 Å². The first kappa shape index (κ1) is 36.5. The highest BCUT2D eigenvalue weighted by atomic mass is 127. The summed E-state index contributed by atoms with van der Waals surface area (Å²) in [6.45, 7) is -1.19. The fourth-order valence-corrected chi connectivity index (χ4v) is 3.72. The van der Waals surface area contributed by atoms with E-state index in [4.69, 9.17) is 19.7 Å². The van der Waals surface area contributed by atoms with E-state index in [1.807, 2.05) is 4.98 Å². The molecular formula is C20H23F6IN4O12. The number of ether oxygens (including phenoxy) is 2. The van der Waals surface area contributed by atoms with Crippen molar-refractivity contribution in [2.24, 2.45) is 0 Å². The Morgan fingerprint density at radius 3 is 1.56 bits per heavy atom. The minimum absolute atomic E-state index is 0.196. The number of aliphatic hydroxyl groups excluding tert-OH is 6. The summed E-state index contributed by atoms with van der Waals surface area (Å²) in [7, 11) is 0. The minimum atomic E-state index is -5.01. The molecule has 8 atom stereocenters. The van der Waals surface area contributed by atoms with Gasteiger partial charge in [-0.1, -0.05) is 0 Å². The number of aliphatic hydroxyl groups is 6. The van der Waals surface area contributed by atoms with Crippen LogP contribution in [0.5, 0.6) is 0 Å². The van der Waals surface area contributed by atoms with Crippen molar-refractivity contribution in [1.29, 1.82) is 0 Å². The van der Waals surface area contributed by atoms with Gasteiger partial charge >= 0.3 is 21.7 Å². The molecule has 2 saturated heterocycles. The summed E-state index contributed by atoms with van der Waals surface area (Å²) in [5.74, 6) is 0. The Bertz CT molecular complexity index is 1450. The van der Waals surface area contributed by atoms with Crippen molar-refractivity contribution in [3.63, 3.8) is 0 Å². The molecule has 0 radical (unpaired) electrons. The average Bonchev–Trinajstić information content (AvgIpc) is 3.32. The molecule has 2 aromatic heterocycles. The van der Waals surface area contributed by atoms with Crippen LogP contribution in [0.4, 0.5) is 26.3 Å². The van der Waals surface area contributed by atoms with Gasteiger partial charge in [-0.3, -0.25) is 28.7 Å². The third-order valence-electron chi connectivity index (χ3n) is 5.71. The maximum Gasteiger partial charge on any atom is 0.441 e. The second kappa shape index (κ2) is 14.4. The Hall–Kier alpha value is -2.65. The molecule has 0 spiro atoms. The van der Waals surface area contributed by atoms with Crippen LogP contribution in [0.15, 0.2) is 37.6 Å². The summed E-state index contributed by atoms with van der Waals surface area (Å²) < 4.78 is 76.2. The fourth-order valence-electron chi connectivity index (χ4n) is 3.72. The lowest BCUT2D eigenvalue weighted by atomic mass is 10.1. The molecule has 0 aliphatic carbocycles. The SMILES string of the molecule is FC(F)(F)I.O=c1[nH]c(=O)n([C@@H]2O[C@H](CO)[C@H](O)C2O)cc1C(F)(F)F.O=c1ccn([C@@H]2O[C@H](CO)[C@H](O)C2O)c(=O)[nH]1. The zero-order chi connectivity index (χ0) is 33.0. The number of nitrogens with one attached hydrogen (secondary N) is 2. The van der Waals surface area contributed by atoms with Crippen LogP contribution in [0.2, 0.25) is 0 Å². The van der Waals surface area contributed by atoms with Crippen LogP contribution in [0.25, 0.3) is 0 Å². The van der Waals surface area contributed by atoms with Crippen LogP contribution >= 0.6 is 22.6 Å². The summed E-state index contributed by atoms with van der Waals surface area (Å²) in [6.07, 6.45) is -14.7. The largest absolute Gasteiger partial charge is 0.441 e. The molecule has 0 bridgehead atoms. The molecule has 0 saturated carbocycles. The van der Waals surface area contributed by atoms with E-state index in [2.05, 4.69) is 0 Å². The molecule has 43 heavy (non-hydrogen) atoms. The van der Waals surface area contributed by atoms with E-state index in [1.165, 1.54) is 4.98 Å². The van der Waals surface area contributed by atoms with E-state index in [1.54, 1.807) is 0 Å². The Morgan fingerprint density at radius 1 is 0.767 bits per heavy atom. The van der Waals surface area contributed by atoms with Gasteiger partial charge in [0.2, 0.25) is 0 Å². The second-order valence-electron chi connectivity index (χ2n) is 8.61. The van der Waals surface area contributed by atoms with Crippen molar-refractivity contribution in [3.8, 4) is 0 Å². The Morgan fingerprint density at radius 2 is 1.19 bits per heavy atom. The van der Waals surface area contributed by atoms with E-state index in [0.29, 0.717) is 27.2 Å². The number of H-pyrrole nitrogens is 2. The predicted octanol–water partition coefficient (Wildman–Crippen LogP) is -2.74. The summed E-state index contributed by atoms with van der Waals surface area (Å²) in [6, 6.07) is 1.09. The third-order valence-corrected chi connectivity index (χ3v) is 5.71. The summed E-state index contributed by atoms with van der Waals surface area (Å²) >= 11 is 0.378. The highest BCUT2D eigenvalue weighted by Gasteiger charge is 2.45. The molecule has 2 unspecified atom stereocenters. The van der Waals surface area contributed by atoms with Gasteiger partial charge in [-0.15, -0.1) is 0 Å². The molecule has 8 N–H and O–H groups in total. The average molecular weight is 752 g/mol. The van der Waals surface area contributed by atoms with E-state index < -0.39 is 101 Å². The first-order chi connectivity index (χ1) is 19.7. The van der Waals surface area contributed by atoms with Gasteiger partial charge in [-0.05, 0) is 0 Å². The standard InChI is InChI=1S/C10H11F3N2O6.C9H12N2O6.CF3I/c11-10(12,13)3-1-15(9(20)14-7(3)19)8-6(18)5(17)4(2-16)21-8;12-3-4-6(14)7(15)8(17-4)11-2-1-5(13)10-9(11)16;2-1(3,4)5/h1,4-6,8,16-18H,2H2,(H,14,19,20);1-2,4,6-8,12,14-15H,3H2,(H,10,13,16);/t4-,5+,6?,8-;4-,6+,7?,8-;/m11./s1. The lowest BCUT2D eigenvalue weighted by Gasteiger charge is -2.18. The van der Waals surface area contributed by atoms with Crippen molar-refractivity contribution in [3.05, 3.63) is 65.7 Å². The van der Waals surface area contributed by atoms with Crippen molar-refractivity contribution < 1.29 is 66.5 Å². The minimum Gasteiger partial charge on any atom is -0.394 e. The monoisotopic (exact) mass is 752 g/mol. The van der Waals surface area contributed by atoms with E-state index >= 15 is 0 Å². The molecule has 2 aromatic rings. The Balaban J connectivity index is 0.000000264. The zero-order valence-corrected chi connectivity index (χ0v) is 23.1. The molecule has 244 valence electrons. The van der Waals surface area contributed by atoms with Gasteiger partial charge in [-0.25, -0.2) is 9.59 Å². The molecule has 0 aromatic carbocycles. The zero-order valence-electron chi connectivity index (χ0n) is 20.9. The van der Waals surface area contributed by atoms with E-state index in [0.717, 1.165) is 16.8 Å². The molecule has 4 rings (SSSR count). The van der Waals surface area contributed by atoms with Crippen LogP contribution in [0.3, 0.4) is 0 Å². The van der Waals surface area contributed by atoms with Crippen LogP contribution in [0, 0.1) is 0 Å². The van der Waals surface area contributed by atoms with Gasteiger partial charge in [0.05, 0.1) is 13.2 Å². The van der Waals surface area contributed by atoms with E-state index in [-0.39, 0.29) is 6.20 Å². The maximum absolute atomic E-state index is 12.6. The van der Waals surface area contributed by atoms with Crippen LogP contribution < -0.4 is 22.5 Å². The molecule has 2 aliphatic rings. The van der Waals surface area contributed by atoms with Crippen LogP contribution in [0.1, 0.15) is 18.0 Å². The predicted molar refractivity (Wildman–Crippen MR) is 134 cm³/mol. The van der Waals surface area contributed by atoms with Crippen LogP contribution in [-0.2, 0) is 15.7 Å². The summed E-state index contributed by atoms with van der Waals surface area (Å²) in [5.41, 5.74) is -5.86. The highest BCUT2D eigenvalue weighted by molar-refractivity contribution is 14.1. The molecular weight excluding hydrogens is 729 g/mol. The topological polar surface area (TPSA) is 250 Å². The smallest absolute Gasteiger partial charge is 0.394 e. The van der Waals surface area contributed by atoms with Gasteiger partial charge in [0.15, 0.2) is 12.5 Å². The number of rotatable bonds is 4. The van der Waals surface area contributed by atoms with Gasteiger partial charge in [-0.2, -0.15) is 26.3 Å². The number of halogens is 7. The van der Waals surface area contributed by atoms with Crippen molar-refractivity contribution in [2.45, 2.75) is 59.4 Å². The Kier molecular flexibility index (Phi) is 12.3. The Labute approximate surface area is 246 Å². The molecule has 2 aliphatic heterocycles. The fraction of sp³-hybridized carbons (Fsp3) is 0.600. The number of hydrogen-bond donors (Lipinski definition) is 8. The third kappa shape index (κ3) is 9.42. The normalized spacial score (nSPS) is 29.0. The van der Waals surface area contributed by atoms with Crippen molar-refractivity contribution >= 4 is 22.6 Å². The number of hydrogen-bond acceptors (Lipinski definition) is 12. The number of aromatic amines is 2. The highest BCUT2D eigenvalue weighted by Crippen LogP contribution is 2.31. The van der Waals surface area contributed by atoms with Crippen molar-refractivity contribution in [2.75, 3.05) is 13.2 Å². The lowest BCUT2D eigenvalue weighted by Crippen LogP contribution is -2.40. The first-order valence-electron chi connectivity index (χ1n) is 11.5. The second-order valence-corrected chi connectivity index (χ2v) is 9.83. The quantitative estimate of drug-likeness (QED) is 0.0901. The van der Waals surface area contributed by atoms with Gasteiger partial charge in [0.25, 0.3) is 11.1 Å². The summed E-state index contributed by atoms with van der Waals surface area (Å²) in [5, 5.41) is 56.2. The number of nitrogens with zero attached hydrogens (tertiary/aromatic N) is 2. The molecule has 16 nitrogen and oxygen atoms in total.